The third kappa shape index (κ3) is 6.19. The van der Waals surface area contributed by atoms with Gasteiger partial charge in [-0.15, -0.1) is 0 Å². The van der Waals surface area contributed by atoms with E-state index in [9.17, 15) is 14.7 Å². The van der Waals surface area contributed by atoms with Gasteiger partial charge in [-0.05, 0) is 30.7 Å². The van der Waals surface area contributed by atoms with Crippen LogP contribution in [0.3, 0.4) is 0 Å². The number of hydrogen-bond donors (Lipinski definition) is 2. The fourth-order valence-electron chi connectivity index (χ4n) is 4.78. The van der Waals surface area contributed by atoms with Crippen molar-refractivity contribution >= 4 is 12.0 Å². The minimum absolute atomic E-state index is 0.0325. The van der Waals surface area contributed by atoms with Crippen LogP contribution in [0.4, 0.5) is 4.79 Å². The quantitative estimate of drug-likeness (QED) is 0.742. The Morgan fingerprint density at radius 2 is 1.80 bits per heavy atom. The van der Waals surface area contributed by atoms with Gasteiger partial charge in [0.05, 0.1) is 12.6 Å². The maximum atomic E-state index is 12.9. The molecule has 0 unspecified atom stereocenters. The summed E-state index contributed by atoms with van der Waals surface area (Å²) >= 11 is 0. The highest BCUT2D eigenvalue weighted by atomic mass is 16.6. The van der Waals surface area contributed by atoms with Crippen molar-refractivity contribution < 1.29 is 19.4 Å². The predicted octanol–water partition coefficient (Wildman–Crippen LogP) is 2.24. The van der Waals surface area contributed by atoms with Crippen molar-refractivity contribution in [3.8, 4) is 0 Å². The number of aliphatic hydroxyl groups is 1. The van der Waals surface area contributed by atoms with Crippen molar-refractivity contribution in [3.63, 3.8) is 0 Å². The van der Waals surface area contributed by atoms with E-state index in [0.717, 1.165) is 25.2 Å². The SMILES string of the molecule is C[C@@H]1C[C@@H](C)CN(C[C@@H](C)NC(=O)[C@@H]2C[C@@H](O)CN2C(=O)OCc2ccccc2)C1. The zero-order valence-electron chi connectivity index (χ0n) is 18.3. The number of β-amino-alcohol motifs (C(OH)–C–C–N with tert-alkyl or cyclic N) is 1. The van der Waals surface area contributed by atoms with Crippen LogP contribution in [-0.2, 0) is 16.1 Å². The van der Waals surface area contributed by atoms with Gasteiger partial charge in [0.1, 0.15) is 12.6 Å². The van der Waals surface area contributed by atoms with Crippen molar-refractivity contribution in [2.75, 3.05) is 26.2 Å². The maximum Gasteiger partial charge on any atom is 0.410 e. The number of benzene rings is 1. The van der Waals surface area contributed by atoms with Crippen LogP contribution in [0.25, 0.3) is 0 Å². The summed E-state index contributed by atoms with van der Waals surface area (Å²) in [5, 5.41) is 13.1. The second kappa shape index (κ2) is 10.3. The highest BCUT2D eigenvalue weighted by Gasteiger charge is 2.40. The number of ether oxygens (including phenoxy) is 1. The van der Waals surface area contributed by atoms with Crippen molar-refractivity contribution in [2.24, 2.45) is 11.8 Å². The zero-order chi connectivity index (χ0) is 21.7. The Kier molecular flexibility index (Phi) is 7.72. The standard InChI is InChI=1S/C23H35N3O4/c1-16-9-17(2)12-25(11-16)13-18(3)24-22(28)21-10-20(27)14-26(21)23(29)30-15-19-7-5-4-6-8-19/h4-8,16-18,20-21,27H,9-15H2,1-3H3,(H,24,28)/t16-,17-,18-,20-,21+/m1/s1. The molecule has 7 nitrogen and oxygen atoms in total. The molecule has 1 aromatic carbocycles. The topological polar surface area (TPSA) is 82.1 Å². The van der Waals surface area contributed by atoms with Crippen molar-refractivity contribution in [2.45, 2.75) is 58.4 Å². The predicted molar refractivity (Wildman–Crippen MR) is 115 cm³/mol. The van der Waals surface area contributed by atoms with Gasteiger partial charge in [-0.25, -0.2) is 4.79 Å². The third-order valence-electron chi connectivity index (χ3n) is 5.89. The number of likely N-dealkylation sites (tertiary alicyclic amines) is 2. The summed E-state index contributed by atoms with van der Waals surface area (Å²) in [4.78, 5) is 29.2. The molecular formula is C23H35N3O4. The molecule has 0 aromatic heterocycles. The van der Waals surface area contributed by atoms with E-state index in [-0.39, 0.29) is 31.5 Å². The Morgan fingerprint density at radius 1 is 1.13 bits per heavy atom. The molecule has 1 aromatic rings. The van der Waals surface area contributed by atoms with E-state index in [1.807, 2.05) is 37.3 Å². The first-order valence-electron chi connectivity index (χ1n) is 11.0. The summed E-state index contributed by atoms with van der Waals surface area (Å²) in [6, 6.07) is 8.67. The molecule has 30 heavy (non-hydrogen) atoms. The number of piperidine rings is 1. The van der Waals surface area contributed by atoms with Crippen LogP contribution in [0.1, 0.15) is 39.2 Å². The first kappa shape index (κ1) is 22.6. The van der Waals surface area contributed by atoms with E-state index in [1.165, 1.54) is 11.3 Å². The molecule has 0 bridgehead atoms. The molecule has 0 radical (unpaired) electrons. The highest BCUT2D eigenvalue weighted by Crippen LogP contribution is 2.22. The molecule has 166 valence electrons. The molecule has 3 rings (SSSR count). The molecule has 2 fully saturated rings. The Morgan fingerprint density at radius 3 is 2.47 bits per heavy atom. The van der Waals surface area contributed by atoms with Crippen LogP contribution in [0.15, 0.2) is 30.3 Å². The number of nitrogens with zero attached hydrogens (tertiary/aromatic N) is 2. The minimum Gasteiger partial charge on any atom is -0.445 e. The van der Waals surface area contributed by atoms with E-state index in [0.29, 0.717) is 11.8 Å². The Labute approximate surface area is 179 Å². The van der Waals surface area contributed by atoms with Crippen LogP contribution in [0.5, 0.6) is 0 Å². The van der Waals surface area contributed by atoms with E-state index in [2.05, 4.69) is 24.1 Å². The molecule has 7 heteroatoms. The average molecular weight is 418 g/mol. The molecule has 2 N–H and O–H groups in total. The van der Waals surface area contributed by atoms with Gasteiger partial charge in [0.2, 0.25) is 5.91 Å². The van der Waals surface area contributed by atoms with Crippen LogP contribution in [0.2, 0.25) is 0 Å². The number of carbonyl (C=O) groups excluding carboxylic acids is 2. The lowest BCUT2D eigenvalue weighted by Crippen LogP contribution is -2.52. The summed E-state index contributed by atoms with van der Waals surface area (Å²) in [6.45, 7) is 9.66. The van der Waals surface area contributed by atoms with Crippen LogP contribution in [0, 0.1) is 11.8 Å². The van der Waals surface area contributed by atoms with Crippen molar-refractivity contribution in [1.29, 1.82) is 0 Å². The van der Waals surface area contributed by atoms with Gasteiger partial charge >= 0.3 is 6.09 Å². The summed E-state index contributed by atoms with van der Waals surface area (Å²) in [5.74, 6) is 1.10. The second-order valence-electron chi connectivity index (χ2n) is 9.17. The molecule has 0 saturated carbocycles. The summed E-state index contributed by atoms with van der Waals surface area (Å²) in [7, 11) is 0. The first-order valence-corrected chi connectivity index (χ1v) is 11.0. The largest absolute Gasteiger partial charge is 0.445 e. The lowest BCUT2D eigenvalue weighted by Gasteiger charge is -2.36. The number of amides is 2. The molecule has 2 amide bonds. The van der Waals surface area contributed by atoms with Gasteiger partial charge in [0, 0.05) is 32.1 Å². The van der Waals surface area contributed by atoms with E-state index in [1.54, 1.807) is 0 Å². The molecule has 5 atom stereocenters. The number of hydrogen-bond acceptors (Lipinski definition) is 5. The van der Waals surface area contributed by atoms with Crippen LogP contribution < -0.4 is 5.32 Å². The van der Waals surface area contributed by atoms with Crippen LogP contribution >= 0.6 is 0 Å². The normalized spacial score (nSPS) is 28.2. The Balaban J connectivity index is 1.52. The molecule has 2 saturated heterocycles. The number of aliphatic hydroxyl groups excluding tert-OH is 1. The zero-order valence-corrected chi connectivity index (χ0v) is 18.3. The van der Waals surface area contributed by atoms with Gasteiger partial charge in [0.25, 0.3) is 0 Å². The lowest BCUT2D eigenvalue weighted by atomic mass is 9.92. The fourth-order valence-corrected chi connectivity index (χ4v) is 4.78. The molecule has 2 aliphatic heterocycles. The second-order valence-corrected chi connectivity index (χ2v) is 9.17. The van der Waals surface area contributed by atoms with Gasteiger partial charge in [0.15, 0.2) is 0 Å². The fraction of sp³-hybridized carbons (Fsp3) is 0.652. The van der Waals surface area contributed by atoms with Gasteiger partial charge in [-0.1, -0.05) is 44.2 Å². The highest BCUT2D eigenvalue weighted by molar-refractivity contribution is 5.86. The van der Waals surface area contributed by atoms with E-state index < -0.39 is 18.2 Å². The van der Waals surface area contributed by atoms with Crippen molar-refractivity contribution in [3.05, 3.63) is 35.9 Å². The summed E-state index contributed by atoms with van der Waals surface area (Å²) in [6.07, 6.45) is 0.194. The molecule has 2 aliphatic rings. The van der Waals surface area contributed by atoms with Crippen molar-refractivity contribution in [1.82, 2.24) is 15.1 Å². The number of nitrogens with one attached hydrogen (secondary N) is 1. The summed E-state index contributed by atoms with van der Waals surface area (Å²) in [5.41, 5.74) is 0.880. The maximum absolute atomic E-state index is 12.9. The smallest absolute Gasteiger partial charge is 0.410 e. The van der Waals surface area contributed by atoms with Gasteiger partial charge in [-0.3, -0.25) is 9.69 Å². The van der Waals surface area contributed by atoms with Gasteiger partial charge in [-0.2, -0.15) is 0 Å². The van der Waals surface area contributed by atoms with Gasteiger partial charge < -0.3 is 20.1 Å². The summed E-state index contributed by atoms with van der Waals surface area (Å²) < 4.78 is 5.38. The van der Waals surface area contributed by atoms with E-state index >= 15 is 0 Å². The monoisotopic (exact) mass is 417 g/mol. The lowest BCUT2D eigenvalue weighted by molar-refractivity contribution is -0.126. The van der Waals surface area contributed by atoms with Crippen LogP contribution in [-0.4, -0.2) is 71.3 Å². The Hall–Kier alpha value is -2.12. The average Bonchev–Trinajstić information content (AvgIpc) is 3.08. The third-order valence-corrected chi connectivity index (χ3v) is 5.89. The van der Waals surface area contributed by atoms with E-state index in [4.69, 9.17) is 4.74 Å². The first-order chi connectivity index (χ1) is 14.3. The molecule has 2 heterocycles. The number of carbonyl (C=O) groups is 2. The molecule has 0 spiro atoms. The number of rotatable bonds is 6. The molecular weight excluding hydrogens is 382 g/mol. The molecule has 0 aliphatic carbocycles. The minimum atomic E-state index is -0.718. The Bertz CT molecular complexity index is 704.